The van der Waals surface area contributed by atoms with Crippen molar-refractivity contribution in [3.8, 4) is 5.75 Å². The number of ether oxygens (including phenoxy) is 1. The highest BCUT2D eigenvalue weighted by Gasteiger charge is 2.19. The quantitative estimate of drug-likeness (QED) is 0.481. The standard InChI is InChI=1S/C10H9F2NO5/c11-6-5-9(18-3-1-2-10(14)15)7(12)4-8(6)13(16)17/h4-5H,1-3H2,(H,14,15). The lowest BCUT2D eigenvalue weighted by Crippen LogP contribution is -2.04. The van der Waals surface area contributed by atoms with Crippen LogP contribution >= 0.6 is 0 Å². The highest BCUT2D eigenvalue weighted by Crippen LogP contribution is 2.26. The molecule has 0 fully saturated rings. The number of halogens is 2. The van der Waals surface area contributed by atoms with Gasteiger partial charge in [-0.15, -0.1) is 0 Å². The average Bonchev–Trinajstić information content (AvgIpc) is 2.27. The van der Waals surface area contributed by atoms with Crippen LogP contribution in [0, 0.1) is 21.7 Å². The third kappa shape index (κ3) is 3.65. The van der Waals surface area contributed by atoms with E-state index in [0.29, 0.717) is 12.1 Å². The number of aliphatic carboxylic acids is 1. The second-order valence-corrected chi connectivity index (χ2v) is 3.34. The van der Waals surface area contributed by atoms with E-state index >= 15 is 0 Å². The molecule has 1 aromatic carbocycles. The normalized spacial score (nSPS) is 10.1. The fraction of sp³-hybridized carbons (Fsp3) is 0.300. The molecule has 1 rings (SSSR count). The first-order valence-electron chi connectivity index (χ1n) is 4.90. The average molecular weight is 261 g/mol. The molecule has 0 saturated heterocycles. The smallest absolute Gasteiger partial charge is 0.307 e. The minimum atomic E-state index is -1.21. The lowest BCUT2D eigenvalue weighted by atomic mass is 10.2. The monoisotopic (exact) mass is 261 g/mol. The zero-order chi connectivity index (χ0) is 13.7. The first kappa shape index (κ1) is 13.8. The molecule has 0 radical (unpaired) electrons. The summed E-state index contributed by atoms with van der Waals surface area (Å²) in [5.74, 6) is -3.80. The first-order valence-corrected chi connectivity index (χ1v) is 4.90. The molecule has 0 unspecified atom stereocenters. The number of nitro groups is 1. The fourth-order valence-corrected chi connectivity index (χ4v) is 1.17. The topological polar surface area (TPSA) is 89.7 Å². The molecule has 18 heavy (non-hydrogen) atoms. The molecular weight excluding hydrogens is 252 g/mol. The van der Waals surface area contributed by atoms with E-state index in [1.807, 2.05) is 0 Å². The number of nitrogens with zero attached hydrogens (tertiary/aromatic N) is 1. The maximum atomic E-state index is 13.3. The molecule has 0 atom stereocenters. The maximum Gasteiger partial charge on any atom is 0.307 e. The van der Waals surface area contributed by atoms with Crippen LogP contribution in [-0.4, -0.2) is 22.6 Å². The lowest BCUT2D eigenvalue weighted by molar-refractivity contribution is -0.387. The molecule has 0 heterocycles. The van der Waals surface area contributed by atoms with Crippen molar-refractivity contribution >= 4 is 11.7 Å². The Kier molecular flexibility index (Phi) is 4.52. The van der Waals surface area contributed by atoms with Gasteiger partial charge < -0.3 is 9.84 Å². The molecular formula is C10H9F2NO5. The van der Waals surface area contributed by atoms with Gasteiger partial charge in [0, 0.05) is 12.5 Å². The minimum Gasteiger partial charge on any atom is -0.490 e. The number of benzene rings is 1. The zero-order valence-corrected chi connectivity index (χ0v) is 9.06. The van der Waals surface area contributed by atoms with Gasteiger partial charge in [0.15, 0.2) is 11.6 Å². The summed E-state index contributed by atoms with van der Waals surface area (Å²) in [5, 5.41) is 18.7. The lowest BCUT2D eigenvalue weighted by Gasteiger charge is -2.06. The summed E-state index contributed by atoms with van der Waals surface area (Å²) in [4.78, 5) is 19.5. The van der Waals surface area contributed by atoms with E-state index in [-0.39, 0.29) is 19.4 Å². The summed E-state index contributed by atoms with van der Waals surface area (Å²) in [5.41, 5.74) is -0.981. The molecule has 6 nitrogen and oxygen atoms in total. The van der Waals surface area contributed by atoms with Gasteiger partial charge in [0.2, 0.25) is 5.82 Å². The predicted octanol–water partition coefficient (Wildman–Crippen LogP) is 2.12. The Bertz CT molecular complexity index is 478. The van der Waals surface area contributed by atoms with Crippen LogP contribution in [0.5, 0.6) is 5.75 Å². The molecule has 0 aliphatic heterocycles. The van der Waals surface area contributed by atoms with Gasteiger partial charge in [-0.2, -0.15) is 4.39 Å². The van der Waals surface area contributed by atoms with Crippen molar-refractivity contribution in [3.05, 3.63) is 33.9 Å². The van der Waals surface area contributed by atoms with Crippen LogP contribution in [0.15, 0.2) is 12.1 Å². The van der Waals surface area contributed by atoms with Crippen molar-refractivity contribution < 1.29 is 28.3 Å². The van der Waals surface area contributed by atoms with Crippen molar-refractivity contribution in [1.29, 1.82) is 0 Å². The van der Waals surface area contributed by atoms with Gasteiger partial charge in [0.25, 0.3) is 0 Å². The van der Waals surface area contributed by atoms with E-state index in [1.54, 1.807) is 0 Å². The van der Waals surface area contributed by atoms with Crippen molar-refractivity contribution in [1.82, 2.24) is 0 Å². The van der Waals surface area contributed by atoms with E-state index in [0.717, 1.165) is 0 Å². The van der Waals surface area contributed by atoms with Crippen molar-refractivity contribution in [3.63, 3.8) is 0 Å². The van der Waals surface area contributed by atoms with Gasteiger partial charge in [-0.25, -0.2) is 4.39 Å². The Morgan fingerprint density at radius 2 is 2.06 bits per heavy atom. The summed E-state index contributed by atoms with van der Waals surface area (Å²) < 4.78 is 31.2. The van der Waals surface area contributed by atoms with Crippen LogP contribution in [0.3, 0.4) is 0 Å². The molecule has 0 aliphatic carbocycles. The number of carbonyl (C=O) groups is 1. The van der Waals surface area contributed by atoms with E-state index in [9.17, 15) is 23.7 Å². The van der Waals surface area contributed by atoms with E-state index in [4.69, 9.17) is 9.84 Å². The number of rotatable bonds is 6. The predicted molar refractivity (Wildman–Crippen MR) is 55.4 cm³/mol. The summed E-state index contributed by atoms with van der Waals surface area (Å²) in [7, 11) is 0. The first-order chi connectivity index (χ1) is 8.41. The van der Waals surface area contributed by atoms with Gasteiger partial charge >= 0.3 is 11.7 Å². The van der Waals surface area contributed by atoms with E-state index in [2.05, 4.69) is 0 Å². The Morgan fingerprint density at radius 3 is 2.61 bits per heavy atom. The molecule has 1 aromatic rings. The maximum absolute atomic E-state index is 13.3. The number of carboxylic acids is 1. The van der Waals surface area contributed by atoms with Gasteiger partial charge in [-0.05, 0) is 6.42 Å². The largest absolute Gasteiger partial charge is 0.490 e. The molecule has 0 saturated carbocycles. The Labute approximate surface area is 99.9 Å². The van der Waals surface area contributed by atoms with E-state index in [1.165, 1.54) is 0 Å². The van der Waals surface area contributed by atoms with Crippen LogP contribution in [0.1, 0.15) is 12.8 Å². The molecule has 8 heteroatoms. The third-order valence-electron chi connectivity index (χ3n) is 1.99. The van der Waals surface area contributed by atoms with Gasteiger partial charge in [0.05, 0.1) is 17.6 Å². The fourth-order valence-electron chi connectivity index (χ4n) is 1.17. The highest BCUT2D eigenvalue weighted by atomic mass is 19.1. The van der Waals surface area contributed by atoms with Crippen LogP contribution < -0.4 is 4.74 Å². The summed E-state index contributed by atoms with van der Waals surface area (Å²) in [6.45, 7) is -0.125. The Balaban J connectivity index is 2.70. The van der Waals surface area contributed by atoms with Crippen LogP contribution in [0.25, 0.3) is 0 Å². The summed E-state index contributed by atoms with van der Waals surface area (Å²) >= 11 is 0. The summed E-state index contributed by atoms with van der Waals surface area (Å²) in [6, 6.07) is 0.982. The van der Waals surface area contributed by atoms with Gasteiger partial charge in [-0.1, -0.05) is 0 Å². The number of hydrogen-bond donors (Lipinski definition) is 1. The molecule has 0 bridgehead atoms. The Morgan fingerprint density at radius 1 is 1.39 bits per heavy atom. The second kappa shape index (κ2) is 5.89. The van der Waals surface area contributed by atoms with Gasteiger partial charge in [-0.3, -0.25) is 14.9 Å². The second-order valence-electron chi connectivity index (χ2n) is 3.34. The number of nitro benzene ring substituents is 1. The summed E-state index contributed by atoms with van der Waals surface area (Å²) in [6.07, 6.45) is -0.0511. The zero-order valence-electron chi connectivity index (χ0n) is 9.06. The molecule has 98 valence electrons. The van der Waals surface area contributed by atoms with Crippen LogP contribution in [0.4, 0.5) is 14.5 Å². The third-order valence-corrected chi connectivity index (χ3v) is 1.99. The van der Waals surface area contributed by atoms with Crippen molar-refractivity contribution in [2.24, 2.45) is 0 Å². The molecule has 1 N–H and O–H groups in total. The molecule has 0 aliphatic rings. The Hall–Kier alpha value is -2.25. The minimum absolute atomic E-state index is 0.118. The SMILES string of the molecule is O=C(O)CCCOc1cc(F)c([N+](=O)[O-])cc1F. The molecule has 0 amide bonds. The number of hydrogen-bond acceptors (Lipinski definition) is 4. The van der Waals surface area contributed by atoms with Crippen molar-refractivity contribution in [2.45, 2.75) is 12.8 Å². The molecule has 0 aromatic heterocycles. The highest BCUT2D eigenvalue weighted by molar-refractivity contribution is 5.66. The van der Waals surface area contributed by atoms with Crippen LogP contribution in [0.2, 0.25) is 0 Å². The molecule has 0 spiro atoms. The van der Waals surface area contributed by atoms with Gasteiger partial charge in [0.1, 0.15) is 0 Å². The van der Waals surface area contributed by atoms with E-state index < -0.39 is 34.0 Å². The number of carboxylic acid groups (broad SMARTS) is 1. The van der Waals surface area contributed by atoms with Crippen LogP contribution in [-0.2, 0) is 4.79 Å². The van der Waals surface area contributed by atoms with Crippen molar-refractivity contribution in [2.75, 3.05) is 6.61 Å².